The van der Waals surface area contributed by atoms with E-state index in [1.807, 2.05) is 52.4 Å². The highest BCUT2D eigenvalue weighted by molar-refractivity contribution is 7.99. The number of benzene rings is 2. The van der Waals surface area contributed by atoms with E-state index in [1.165, 1.54) is 31.0 Å². The summed E-state index contributed by atoms with van der Waals surface area (Å²) >= 11 is 2.81. The predicted molar refractivity (Wildman–Crippen MR) is 128 cm³/mol. The number of thiophene rings is 1. The van der Waals surface area contributed by atoms with Gasteiger partial charge in [-0.15, -0.1) is 21.5 Å². The zero-order chi connectivity index (χ0) is 23.4. The number of aryl methyl sites for hydroxylation is 1. The van der Waals surface area contributed by atoms with Crippen LogP contribution in [0.3, 0.4) is 0 Å². The second-order valence-corrected chi connectivity index (χ2v) is 8.78. The van der Waals surface area contributed by atoms with Crippen LogP contribution < -0.4 is 10.1 Å². The molecule has 4 aromatic rings. The van der Waals surface area contributed by atoms with Gasteiger partial charge in [0, 0.05) is 23.5 Å². The average Bonchev–Trinajstić information content (AvgIpc) is 3.49. The third kappa shape index (κ3) is 4.89. The first-order valence-corrected chi connectivity index (χ1v) is 11.6. The van der Waals surface area contributed by atoms with Crippen molar-refractivity contribution in [3.8, 4) is 22.1 Å². The molecular weight excluding hydrogens is 462 g/mol. The molecule has 9 nitrogen and oxygen atoms in total. The first kappa shape index (κ1) is 22.5. The lowest BCUT2D eigenvalue weighted by Gasteiger charge is -2.11. The quantitative estimate of drug-likeness (QED) is 0.215. The van der Waals surface area contributed by atoms with Gasteiger partial charge in [0.1, 0.15) is 0 Å². The second-order valence-electron chi connectivity index (χ2n) is 6.89. The number of nitro benzene ring substituents is 1. The smallest absolute Gasteiger partial charge is 0.311 e. The number of ether oxygens (including phenoxy) is 1. The van der Waals surface area contributed by atoms with Crippen molar-refractivity contribution < 1.29 is 14.5 Å². The van der Waals surface area contributed by atoms with Gasteiger partial charge in [-0.25, -0.2) is 0 Å². The third-order valence-corrected chi connectivity index (χ3v) is 6.51. The van der Waals surface area contributed by atoms with E-state index >= 15 is 0 Å². The van der Waals surface area contributed by atoms with Crippen molar-refractivity contribution in [2.75, 3.05) is 18.2 Å². The Morgan fingerprint density at radius 3 is 2.67 bits per heavy atom. The number of rotatable bonds is 8. The van der Waals surface area contributed by atoms with E-state index in [9.17, 15) is 14.9 Å². The molecule has 168 valence electrons. The molecule has 0 saturated carbocycles. The molecule has 0 bridgehead atoms. The number of thioether (sulfide) groups is 1. The number of carbonyl (C=O) groups is 1. The minimum absolute atomic E-state index is 0.0775. The van der Waals surface area contributed by atoms with Gasteiger partial charge in [0.05, 0.1) is 22.7 Å². The maximum absolute atomic E-state index is 12.7. The Morgan fingerprint density at radius 1 is 1.21 bits per heavy atom. The summed E-state index contributed by atoms with van der Waals surface area (Å²) in [5.74, 6) is 0.584. The highest BCUT2D eigenvalue weighted by atomic mass is 32.2. The largest absolute Gasteiger partial charge is 0.490 e. The first-order chi connectivity index (χ1) is 16.0. The first-order valence-electron chi connectivity index (χ1n) is 9.78. The predicted octanol–water partition coefficient (Wildman–Crippen LogP) is 4.95. The lowest BCUT2D eigenvalue weighted by atomic mass is 10.1. The third-order valence-electron chi connectivity index (χ3n) is 4.72. The lowest BCUT2D eigenvalue weighted by molar-refractivity contribution is -0.385. The molecule has 0 atom stereocenters. The summed E-state index contributed by atoms with van der Waals surface area (Å²) in [5, 5.41) is 25.2. The van der Waals surface area contributed by atoms with Crippen LogP contribution in [0.2, 0.25) is 0 Å². The van der Waals surface area contributed by atoms with Crippen LogP contribution in [-0.4, -0.2) is 38.5 Å². The number of amides is 1. The number of methoxy groups -OCH3 is 1. The zero-order valence-corrected chi connectivity index (χ0v) is 19.4. The molecular formula is C22H19N5O4S2. The topological polar surface area (TPSA) is 112 Å². The Morgan fingerprint density at radius 2 is 2.00 bits per heavy atom. The van der Waals surface area contributed by atoms with Crippen LogP contribution in [0.5, 0.6) is 5.75 Å². The molecule has 33 heavy (non-hydrogen) atoms. The molecule has 2 aromatic carbocycles. The summed E-state index contributed by atoms with van der Waals surface area (Å²) in [5.41, 5.74) is 1.75. The standard InChI is InChI=1S/C22H19N5O4S2/c1-14-11-17(27(29)30)18(31-2)12-16(14)23-20(28)13-33-22-25-24-21(19-9-6-10-32-19)26(22)15-7-4-3-5-8-15/h3-12H,13H2,1-2H3,(H,23,28). The van der Waals surface area contributed by atoms with Crippen molar-refractivity contribution in [1.82, 2.24) is 14.8 Å². The summed E-state index contributed by atoms with van der Waals surface area (Å²) in [4.78, 5) is 24.3. The highest BCUT2D eigenvalue weighted by Crippen LogP contribution is 2.33. The second kappa shape index (κ2) is 9.84. The van der Waals surface area contributed by atoms with Gasteiger partial charge in [0.2, 0.25) is 5.91 Å². The van der Waals surface area contributed by atoms with Gasteiger partial charge in [-0.3, -0.25) is 19.5 Å². The van der Waals surface area contributed by atoms with Crippen molar-refractivity contribution >= 4 is 40.4 Å². The maximum atomic E-state index is 12.7. The minimum atomic E-state index is -0.519. The number of carbonyl (C=O) groups excluding carboxylic acids is 1. The summed E-state index contributed by atoms with van der Waals surface area (Å²) in [6.07, 6.45) is 0. The van der Waals surface area contributed by atoms with Gasteiger partial charge in [-0.1, -0.05) is 36.0 Å². The van der Waals surface area contributed by atoms with Crippen LogP contribution in [0.4, 0.5) is 11.4 Å². The van der Waals surface area contributed by atoms with Crippen LogP contribution in [0.25, 0.3) is 16.4 Å². The number of nitro groups is 1. The summed E-state index contributed by atoms with van der Waals surface area (Å²) in [7, 11) is 1.35. The summed E-state index contributed by atoms with van der Waals surface area (Å²) in [6, 6.07) is 16.5. The average molecular weight is 482 g/mol. The fraction of sp³-hybridized carbons (Fsp3) is 0.136. The van der Waals surface area contributed by atoms with E-state index in [1.54, 1.807) is 18.3 Å². The molecule has 0 fully saturated rings. The molecule has 0 aliphatic carbocycles. The van der Waals surface area contributed by atoms with Crippen LogP contribution in [0.15, 0.2) is 65.1 Å². The van der Waals surface area contributed by atoms with E-state index < -0.39 is 4.92 Å². The maximum Gasteiger partial charge on any atom is 0.311 e. The zero-order valence-electron chi connectivity index (χ0n) is 17.7. The van der Waals surface area contributed by atoms with Gasteiger partial charge < -0.3 is 10.1 Å². The lowest BCUT2D eigenvalue weighted by Crippen LogP contribution is -2.15. The molecule has 11 heteroatoms. The molecule has 0 spiro atoms. The normalized spacial score (nSPS) is 10.7. The van der Waals surface area contributed by atoms with Crippen molar-refractivity contribution in [1.29, 1.82) is 0 Å². The number of aromatic nitrogens is 3. The van der Waals surface area contributed by atoms with Gasteiger partial charge in [0.15, 0.2) is 16.7 Å². The highest BCUT2D eigenvalue weighted by Gasteiger charge is 2.20. The van der Waals surface area contributed by atoms with Crippen molar-refractivity contribution in [3.63, 3.8) is 0 Å². The van der Waals surface area contributed by atoms with Gasteiger partial charge in [-0.05, 0) is 36.1 Å². The van der Waals surface area contributed by atoms with E-state index in [0.29, 0.717) is 22.2 Å². The molecule has 0 radical (unpaired) electrons. The molecule has 0 aliphatic heterocycles. The molecule has 1 amide bonds. The van der Waals surface area contributed by atoms with Crippen molar-refractivity contribution in [2.45, 2.75) is 12.1 Å². The number of hydrogen-bond acceptors (Lipinski definition) is 8. The molecule has 0 aliphatic rings. The van der Waals surface area contributed by atoms with Crippen molar-refractivity contribution in [2.24, 2.45) is 0 Å². The Bertz CT molecular complexity index is 1290. The van der Waals surface area contributed by atoms with E-state index in [4.69, 9.17) is 4.74 Å². The molecule has 1 N–H and O–H groups in total. The van der Waals surface area contributed by atoms with Crippen LogP contribution in [0.1, 0.15) is 5.56 Å². The Hall–Kier alpha value is -3.70. The Balaban J connectivity index is 1.54. The number of anilines is 1. The Kier molecular flexibility index (Phi) is 6.71. The van der Waals surface area contributed by atoms with Gasteiger partial charge >= 0.3 is 5.69 Å². The minimum Gasteiger partial charge on any atom is -0.490 e. The molecule has 4 rings (SSSR count). The van der Waals surface area contributed by atoms with Crippen molar-refractivity contribution in [3.05, 3.63) is 75.7 Å². The fourth-order valence-corrected chi connectivity index (χ4v) is 4.62. The van der Waals surface area contributed by atoms with Crippen LogP contribution >= 0.6 is 23.1 Å². The SMILES string of the molecule is COc1cc(NC(=O)CSc2nnc(-c3cccs3)n2-c2ccccc2)c(C)cc1[N+](=O)[O-]. The number of hydrogen-bond donors (Lipinski definition) is 1. The van der Waals surface area contributed by atoms with Gasteiger partial charge in [0.25, 0.3) is 0 Å². The number of nitrogens with zero attached hydrogens (tertiary/aromatic N) is 4. The monoisotopic (exact) mass is 481 g/mol. The summed E-state index contributed by atoms with van der Waals surface area (Å²) in [6.45, 7) is 1.69. The Labute approximate surface area is 197 Å². The van der Waals surface area contributed by atoms with Crippen LogP contribution in [0, 0.1) is 17.0 Å². The van der Waals surface area contributed by atoms with E-state index in [2.05, 4.69) is 15.5 Å². The fourth-order valence-electron chi connectivity index (χ4n) is 3.17. The number of para-hydroxylation sites is 1. The van der Waals surface area contributed by atoms with E-state index in [0.717, 1.165) is 10.6 Å². The number of nitrogens with one attached hydrogen (secondary N) is 1. The summed E-state index contributed by atoms with van der Waals surface area (Å²) < 4.78 is 7.02. The molecule has 2 heterocycles. The van der Waals surface area contributed by atoms with Crippen LogP contribution in [-0.2, 0) is 4.79 Å². The molecule has 0 saturated heterocycles. The van der Waals surface area contributed by atoms with E-state index in [-0.39, 0.29) is 23.1 Å². The molecule has 2 aromatic heterocycles. The molecule has 0 unspecified atom stereocenters. The van der Waals surface area contributed by atoms with Gasteiger partial charge in [-0.2, -0.15) is 0 Å².